The molecule has 2 N–H and O–H groups in total. The lowest BCUT2D eigenvalue weighted by Gasteiger charge is -2.47. The van der Waals surface area contributed by atoms with E-state index >= 15 is 0 Å². The number of allylic oxidation sites excluding steroid dienone is 2. The van der Waals surface area contributed by atoms with Crippen molar-refractivity contribution in [2.45, 2.75) is 57.9 Å². The minimum absolute atomic E-state index is 0.0663. The molecule has 180 valence electrons. The third-order valence-electron chi connectivity index (χ3n) is 7.42. The molecule has 0 spiro atoms. The number of imidazole rings is 1. The van der Waals surface area contributed by atoms with Gasteiger partial charge < -0.3 is 15.2 Å². The summed E-state index contributed by atoms with van der Waals surface area (Å²) < 4.78 is 0. The lowest BCUT2D eigenvalue weighted by Crippen LogP contribution is -2.51. The van der Waals surface area contributed by atoms with E-state index in [1.54, 1.807) is 24.7 Å². The van der Waals surface area contributed by atoms with Crippen LogP contribution in [-0.4, -0.2) is 39.4 Å². The van der Waals surface area contributed by atoms with Gasteiger partial charge in [-0.3, -0.25) is 4.79 Å². The molecule has 1 aromatic heterocycles. The highest BCUT2D eigenvalue weighted by molar-refractivity contribution is 6.30. The molecule has 2 unspecified atom stereocenters. The number of halogens is 1. The molecule has 3 heterocycles. The summed E-state index contributed by atoms with van der Waals surface area (Å²) in [5.74, 6) is 0.893. The zero-order valence-electron chi connectivity index (χ0n) is 20.4. The molecule has 34 heavy (non-hydrogen) atoms. The SMILES string of the molecule is CC.CC12NC=CC=C1CCc1cc(Cl)ccc1C2C1CCN(C(=O)/C=C/c2cnc[nH]2)CC1. The van der Waals surface area contributed by atoms with Gasteiger partial charge in [0, 0.05) is 30.1 Å². The minimum Gasteiger partial charge on any atom is -0.381 e. The second kappa shape index (κ2) is 10.6. The summed E-state index contributed by atoms with van der Waals surface area (Å²) in [5.41, 5.74) is 4.95. The molecule has 0 radical (unpaired) electrons. The normalized spacial score (nSPS) is 24.3. The maximum absolute atomic E-state index is 12.7. The Morgan fingerprint density at radius 2 is 2.03 bits per heavy atom. The fourth-order valence-electron chi connectivity index (χ4n) is 5.76. The van der Waals surface area contributed by atoms with E-state index in [2.05, 4.69) is 52.7 Å². The van der Waals surface area contributed by atoms with Crippen molar-refractivity contribution in [1.82, 2.24) is 20.2 Å². The van der Waals surface area contributed by atoms with Crippen LogP contribution in [-0.2, 0) is 11.2 Å². The van der Waals surface area contributed by atoms with E-state index in [-0.39, 0.29) is 11.4 Å². The van der Waals surface area contributed by atoms with Crippen molar-refractivity contribution in [2.75, 3.05) is 13.1 Å². The second-order valence-corrected chi connectivity index (χ2v) is 9.66. The molecule has 1 saturated heterocycles. The Hall–Kier alpha value is -2.79. The number of aromatic nitrogens is 2. The Morgan fingerprint density at radius 3 is 2.76 bits per heavy atom. The number of nitrogens with zero attached hydrogens (tertiary/aromatic N) is 2. The van der Waals surface area contributed by atoms with Crippen molar-refractivity contribution in [3.05, 3.63) is 82.6 Å². The lowest BCUT2D eigenvalue weighted by atomic mass is 9.66. The van der Waals surface area contributed by atoms with E-state index in [4.69, 9.17) is 11.6 Å². The number of benzene rings is 1. The number of carbonyl (C=O) groups is 1. The van der Waals surface area contributed by atoms with E-state index in [9.17, 15) is 4.79 Å². The number of piperidine rings is 1. The third kappa shape index (κ3) is 4.85. The average molecular weight is 479 g/mol. The van der Waals surface area contributed by atoms with Crippen LogP contribution in [0.25, 0.3) is 6.08 Å². The molecule has 5 nitrogen and oxygen atoms in total. The van der Waals surface area contributed by atoms with Crippen LogP contribution in [0, 0.1) is 5.92 Å². The molecule has 6 heteroatoms. The first-order valence-corrected chi connectivity index (χ1v) is 12.8. The molecule has 2 aromatic rings. The first-order valence-electron chi connectivity index (χ1n) is 12.4. The van der Waals surface area contributed by atoms with Crippen LogP contribution in [0.1, 0.15) is 62.8 Å². The molecule has 3 aliphatic rings. The van der Waals surface area contributed by atoms with Crippen LogP contribution in [0.4, 0.5) is 0 Å². The lowest BCUT2D eigenvalue weighted by molar-refractivity contribution is -0.127. The number of hydrogen-bond donors (Lipinski definition) is 2. The fraction of sp³-hybridized carbons (Fsp3) is 0.429. The number of H-pyrrole nitrogens is 1. The molecule has 2 atom stereocenters. The Kier molecular flexibility index (Phi) is 7.62. The highest BCUT2D eigenvalue weighted by Crippen LogP contribution is 2.49. The van der Waals surface area contributed by atoms with Gasteiger partial charge in [0.15, 0.2) is 0 Å². The van der Waals surface area contributed by atoms with E-state index in [1.165, 1.54) is 16.7 Å². The number of aromatic amines is 1. The van der Waals surface area contributed by atoms with Crippen LogP contribution in [0.2, 0.25) is 5.02 Å². The second-order valence-electron chi connectivity index (χ2n) is 9.22. The number of rotatable bonds is 3. The summed E-state index contributed by atoms with van der Waals surface area (Å²) in [4.78, 5) is 21.7. The van der Waals surface area contributed by atoms with E-state index < -0.39 is 0 Å². The standard InChI is InChI=1S/C26H29ClN4O.C2H6/c1-26-20(3-2-12-30-26)5-4-19-15-21(27)6-8-23(19)25(26)18-10-13-31(14-11-18)24(32)9-7-22-16-28-17-29-22;1-2/h2-3,6-9,12,15-18,25,30H,4-5,10-11,13-14H2,1H3,(H,28,29);1-2H3/b9-7+;. The number of fused-ring (bicyclic) bond motifs is 2. The number of dihydropyridines is 1. The topological polar surface area (TPSA) is 61.0 Å². The number of nitrogens with one attached hydrogen (secondary N) is 2. The third-order valence-corrected chi connectivity index (χ3v) is 7.65. The van der Waals surface area contributed by atoms with E-state index in [0.29, 0.717) is 11.8 Å². The summed E-state index contributed by atoms with van der Waals surface area (Å²) in [7, 11) is 0. The highest BCUT2D eigenvalue weighted by atomic mass is 35.5. The summed E-state index contributed by atoms with van der Waals surface area (Å²) in [6.45, 7) is 7.91. The molecular formula is C28H35ClN4O. The van der Waals surface area contributed by atoms with Crippen molar-refractivity contribution in [1.29, 1.82) is 0 Å². The summed E-state index contributed by atoms with van der Waals surface area (Å²) in [6, 6.07) is 6.42. The average Bonchev–Trinajstić information content (AvgIpc) is 3.34. The number of likely N-dealkylation sites (tertiary alicyclic amines) is 1. The van der Waals surface area contributed by atoms with Gasteiger partial charge in [0.05, 0.1) is 23.8 Å². The minimum atomic E-state index is -0.120. The van der Waals surface area contributed by atoms with Gasteiger partial charge in [0.1, 0.15) is 0 Å². The summed E-state index contributed by atoms with van der Waals surface area (Å²) >= 11 is 6.37. The number of amides is 1. The van der Waals surface area contributed by atoms with Gasteiger partial charge in [0.2, 0.25) is 5.91 Å². The van der Waals surface area contributed by atoms with Gasteiger partial charge in [0.25, 0.3) is 0 Å². The maximum Gasteiger partial charge on any atom is 0.246 e. The van der Waals surface area contributed by atoms with Crippen molar-refractivity contribution in [2.24, 2.45) is 5.92 Å². The van der Waals surface area contributed by atoms with Crippen LogP contribution < -0.4 is 5.32 Å². The molecule has 1 amide bonds. The number of hydrogen-bond acceptors (Lipinski definition) is 3. The smallest absolute Gasteiger partial charge is 0.246 e. The molecular weight excluding hydrogens is 444 g/mol. The highest BCUT2D eigenvalue weighted by Gasteiger charge is 2.45. The number of aryl methyl sites for hydroxylation is 1. The van der Waals surface area contributed by atoms with Gasteiger partial charge >= 0.3 is 0 Å². The van der Waals surface area contributed by atoms with Gasteiger partial charge in [-0.05, 0) is 85.7 Å². The van der Waals surface area contributed by atoms with Crippen LogP contribution >= 0.6 is 11.6 Å². The van der Waals surface area contributed by atoms with E-state index in [0.717, 1.165) is 49.5 Å². The van der Waals surface area contributed by atoms with Crippen LogP contribution in [0.5, 0.6) is 0 Å². The van der Waals surface area contributed by atoms with Crippen molar-refractivity contribution < 1.29 is 4.79 Å². The largest absolute Gasteiger partial charge is 0.381 e. The fourth-order valence-corrected chi connectivity index (χ4v) is 5.96. The molecule has 1 aromatic carbocycles. The molecule has 0 bridgehead atoms. The Morgan fingerprint density at radius 1 is 1.24 bits per heavy atom. The summed E-state index contributed by atoms with van der Waals surface area (Å²) in [6.07, 6.45) is 17.3. The van der Waals surface area contributed by atoms with Crippen molar-refractivity contribution in [3.8, 4) is 0 Å². The quantitative estimate of drug-likeness (QED) is 0.542. The Labute approximate surface area is 208 Å². The van der Waals surface area contributed by atoms with Gasteiger partial charge in [-0.1, -0.05) is 37.6 Å². The number of carbonyl (C=O) groups excluding carboxylic acids is 1. The first kappa shape index (κ1) is 24.3. The molecule has 5 rings (SSSR count). The van der Waals surface area contributed by atoms with Crippen molar-refractivity contribution in [3.63, 3.8) is 0 Å². The Bertz CT molecular complexity index is 1080. The molecule has 0 saturated carbocycles. The van der Waals surface area contributed by atoms with E-state index in [1.807, 2.05) is 24.8 Å². The predicted molar refractivity (Wildman–Crippen MR) is 140 cm³/mol. The Balaban J connectivity index is 0.00000133. The molecule has 2 aliphatic heterocycles. The van der Waals surface area contributed by atoms with Crippen LogP contribution in [0.15, 0.2) is 60.7 Å². The van der Waals surface area contributed by atoms with Crippen molar-refractivity contribution >= 4 is 23.6 Å². The maximum atomic E-state index is 12.7. The molecule has 1 aliphatic carbocycles. The molecule has 1 fully saturated rings. The zero-order chi connectivity index (χ0) is 24.1. The summed E-state index contributed by atoms with van der Waals surface area (Å²) in [5, 5.41) is 4.53. The van der Waals surface area contributed by atoms with Gasteiger partial charge in [-0.25, -0.2) is 4.98 Å². The van der Waals surface area contributed by atoms with Crippen LogP contribution in [0.3, 0.4) is 0 Å². The van der Waals surface area contributed by atoms with Gasteiger partial charge in [-0.15, -0.1) is 0 Å². The first-order chi connectivity index (χ1) is 16.5. The van der Waals surface area contributed by atoms with Gasteiger partial charge in [-0.2, -0.15) is 0 Å². The monoisotopic (exact) mass is 478 g/mol. The predicted octanol–water partition coefficient (Wildman–Crippen LogP) is 5.87. The zero-order valence-corrected chi connectivity index (χ0v) is 21.1.